The summed E-state index contributed by atoms with van der Waals surface area (Å²) in [5.74, 6) is 1.64. The molecule has 1 aliphatic heterocycles. The molecule has 1 aromatic heterocycles. The maximum Gasteiger partial charge on any atom is 0.247 e. The molecular weight excluding hydrogens is 204 g/mol. The Morgan fingerprint density at radius 3 is 2.75 bits per heavy atom. The maximum atomic E-state index is 11.7. The number of rotatable bonds is 3. The van der Waals surface area contributed by atoms with Gasteiger partial charge in [-0.05, 0) is 31.6 Å². The lowest BCUT2D eigenvalue weighted by Gasteiger charge is -2.21. The molecule has 1 aliphatic rings. The second-order valence-electron chi connectivity index (χ2n) is 4.03. The van der Waals surface area contributed by atoms with Gasteiger partial charge in [-0.15, -0.1) is 0 Å². The smallest absolute Gasteiger partial charge is 0.247 e. The van der Waals surface area contributed by atoms with Crippen molar-refractivity contribution in [3.8, 4) is 0 Å². The van der Waals surface area contributed by atoms with Gasteiger partial charge in [0.25, 0.3) is 0 Å². The highest BCUT2D eigenvalue weighted by atomic mass is 16.3. The van der Waals surface area contributed by atoms with E-state index in [9.17, 15) is 4.79 Å². The number of hydrogen-bond donors (Lipinski definition) is 2. The van der Waals surface area contributed by atoms with E-state index in [1.807, 2.05) is 26.0 Å². The molecule has 2 rings (SSSR count). The van der Waals surface area contributed by atoms with Gasteiger partial charge in [-0.3, -0.25) is 4.79 Å². The topological polar surface area (TPSA) is 54.3 Å². The van der Waals surface area contributed by atoms with Crippen LogP contribution in [0, 0.1) is 6.92 Å². The van der Waals surface area contributed by atoms with Crippen molar-refractivity contribution >= 4 is 5.91 Å². The zero-order valence-corrected chi connectivity index (χ0v) is 9.59. The van der Waals surface area contributed by atoms with Crippen molar-refractivity contribution in [1.29, 1.82) is 0 Å². The van der Waals surface area contributed by atoms with Crippen molar-refractivity contribution in [2.75, 3.05) is 13.1 Å². The summed E-state index contributed by atoms with van der Waals surface area (Å²) in [6.45, 7) is 5.86. The molecular formula is C12H16N2O2. The van der Waals surface area contributed by atoms with Crippen LogP contribution in [-0.2, 0) is 11.3 Å². The Balaban J connectivity index is 1.88. The fourth-order valence-electron chi connectivity index (χ4n) is 1.56. The molecule has 4 heteroatoms. The van der Waals surface area contributed by atoms with E-state index in [-0.39, 0.29) is 5.91 Å². The zero-order valence-electron chi connectivity index (χ0n) is 9.59. The van der Waals surface area contributed by atoms with E-state index < -0.39 is 0 Å². The molecule has 0 aromatic carbocycles. The molecule has 0 aliphatic carbocycles. The second-order valence-corrected chi connectivity index (χ2v) is 4.03. The van der Waals surface area contributed by atoms with Gasteiger partial charge in [-0.1, -0.05) is 0 Å². The fourth-order valence-corrected chi connectivity index (χ4v) is 1.56. The van der Waals surface area contributed by atoms with E-state index in [1.165, 1.54) is 5.57 Å². The Hall–Kier alpha value is -1.55. The first kappa shape index (κ1) is 11.0. The normalized spacial score (nSPS) is 14.5. The summed E-state index contributed by atoms with van der Waals surface area (Å²) >= 11 is 0. The third kappa shape index (κ3) is 2.33. The number of furan rings is 1. The predicted molar refractivity (Wildman–Crippen MR) is 60.9 cm³/mol. The van der Waals surface area contributed by atoms with E-state index in [4.69, 9.17) is 4.42 Å². The van der Waals surface area contributed by atoms with Crippen LogP contribution in [0.5, 0.6) is 0 Å². The van der Waals surface area contributed by atoms with Crippen molar-refractivity contribution in [3.63, 3.8) is 0 Å². The molecule has 1 saturated heterocycles. The second kappa shape index (κ2) is 4.53. The van der Waals surface area contributed by atoms with Crippen LogP contribution < -0.4 is 10.6 Å². The number of nitrogens with one attached hydrogen (secondary N) is 2. The SMILES string of the molecule is CC(C(=O)NCc1ccc(C)o1)=C1CNC1. The minimum atomic E-state index is -0.00875. The van der Waals surface area contributed by atoms with Gasteiger partial charge in [0.15, 0.2) is 0 Å². The maximum absolute atomic E-state index is 11.7. The first-order chi connectivity index (χ1) is 7.66. The van der Waals surface area contributed by atoms with Gasteiger partial charge in [0, 0.05) is 18.7 Å². The third-order valence-electron chi connectivity index (χ3n) is 2.77. The monoisotopic (exact) mass is 220 g/mol. The molecule has 0 spiro atoms. The van der Waals surface area contributed by atoms with Crippen LogP contribution in [-0.4, -0.2) is 19.0 Å². The summed E-state index contributed by atoms with van der Waals surface area (Å²) in [6, 6.07) is 3.77. The Morgan fingerprint density at radius 1 is 1.50 bits per heavy atom. The molecule has 0 saturated carbocycles. The highest BCUT2D eigenvalue weighted by molar-refractivity contribution is 5.93. The van der Waals surface area contributed by atoms with Crippen LogP contribution in [0.1, 0.15) is 18.4 Å². The molecule has 1 aromatic rings. The lowest BCUT2D eigenvalue weighted by atomic mass is 10.0. The number of carbonyl (C=O) groups excluding carboxylic acids is 1. The van der Waals surface area contributed by atoms with Crippen molar-refractivity contribution in [2.45, 2.75) is 20.4 Å². The summed E-state index contributed by atoms with van der Waals surface area (Å²) < 4.78 is 5.37. The van der Waals surface area contributed by atoms with Crippen LogP contribution >= 0.6 is 0 Å². The van der Waals surface area contributed by atoms with E-state index in [2.05, 4.69) is 10.6 Å². The van der Waals surface area contributed by atoms with Crippen LogP contribution in [0.15, 0.2) is 27.7 Å². The molecule has 0 atom stereocenters. The first-order valence-corrected chi connectivity index (χ1v) is 5.39. The summed E-state index contributed by atoms with van der Waals surface area (Å²) in [4.78, 5) is 11.7. The molecule has 0 unspecified atom stereocenters. The lowest BCUT2D eigenvalue weighted by Crippen LogP contribution is -2.37. The summed E-state index contributed by atoms with van der Waals surface area (Å²) in [5.41, 5.74) is 2.01. The molecule has 1 amide bonds. The number of amides is 1. The van der Waals surface area contributed by atoms with Gasteiger partial charge in [0.1, 0.15) is 11.5 Å². The zero-order chi connectivity index (χ0) is 11.5. The Morgan fingerprint density at radius 2 is 2.25 bits per heavy atom. The number of carbonyl (C=O) groups is 1. The summed E-state index contributed by atoms with van der Waals surface area (Å²) in [5, 5.41) is 5.96. The molecule has 0 bridgehead atoms. The first-order valence-electron chi connectivity index (χ1n) is 5.39. The van der Waals surface area contributed by atoms with E-state index >= 15 is 0 Å². The van der Waals surface area contributed by atoms with Crippen molar-refractivity contribution in [3.05, 3.63) is 34.8 Å². The quantitative estimate of drug-likeness (QED) is 0.751. The molecule has 1 fully saturated rings. The summed E-state index contributed by atoms with van der Waals surface area (Å²) in [7, 11) is 0. The van der Waals surface area contributed by atoms with Gasteiger partial charge in [-0.2, -0.15) is 0 Å². The average molecular weight is 220 g/mol. The van der Waals surface area contributed by atoms with Gasteiger partial charge in [0.2, 0.25) is 5.91 Å². The Labute approximate surface area is 94.7 Å². The Bertz CT molecular complexity index is 426. The molecule has 2 N–H and O–H groups in total. The van der Waals surface area contributed by atoms with Gasteiger partial charge in [0.05, 0.1) is 6.54 Å². The number of aryl methyl sites for hydroxylation is 1. The fraction of sp³-hybridized carbons (Fsp3) is 0.417. The van der Waals surface area contributed by atoms with Crippen molar-refractivity contribution in [1.82, 2.24) is 10.6 Å². The lowest BCUT2D eigenvalue weighted by molar-refractivity contribution is -0.117. The minimum absolute atomic E-state index is 0.00875. The van der Waals surface area contributed by atoms with Gasteiger partial charge in [-0.25, -0.2) is 0 Å². The van der Waals surface area contributed by atoms with Crippen molar-refractivity contribution < 1.29 is 9.21 Å². The van der Waals surface area contributed by atoms with E-state index in [0.29, 0.717) is 6.54 Å². The Kier molecular flexibility index (Phi) is 3.10. The van der Waals surface area contributed by atoms with Crippen LogP contribution in [0.3, 0.4) is 0 Å². The summed E-state index contributed by atoms with van der Waals surface area (Å²) in [6.07, 6.45) is 0. The molecule has 0 radical (unpaired) electrons. The van der Waals surface area contributed by atoms with Crippen LogP contribution in [0.4, 0.5) is 0 Å². The molecule has 2 heterocycles. The van der Waals surface area contributed by atoms with Crippen LogP contribution in [0.2, 0.25) is 0 Å². The predicted octanol–water partition coefficient (Wildman–Crippen LogP) is 1.12. The van der Waals surface area contributed by atoms with Crippen LogP contribution in [0.25, 0.3) is 0 Å². The van der Waals surface area contributed by atoms with E-state index in [0.717, 1.165) is 30.2 Å². The third-order valence-corrected chi connectivity index (χ3v) is 2.77. The largest absolute Gasteiger partial charge is 0.465 e. The van der Waals surface area contributed by atoms with Gasteiger partial charge < -0.3 is 15.1 Å². The van der Waals surface area contributed by atoms with Gasteiger partial charge >= 0.3 is 0 Å². The average Bonchev–Trinajstić information content (AvgIpc) is 2.58. The number of hydrogen-bond acceptors (Lipinski definition) is 3. The highest BCUT2D eigenvalue weighted by Gasteiger charge is 2.15. The molecule has 86 valence electrons. The standard InChI is InChI=1S/C12H16N2O2/c1-8-3-4-11(16-8)7-14-12(15)9(2)10-5-13-6-10/h3-4,13H,5-7H2,1-2H3,(H,14,15). The van der Waals surface area contributed by atoms with Crippen molar-refractivity contribution in [2.24, 2.45) is 0 Å². The highest BCUT2D eigenvalue weighted by Crippen LogP contribution is 2.10. The molecule has 16 heavy (non-hydrogen) atoms. The molecule has 4 nitrogen and oxygen atoms in total. The van der Waals surface area contributed by atoms with E-state index in [1.54, 1.807) is 0 Å². The minimum Gasteiger partial charge on any atom is -0.465 e.